The molecule has 3 aromatic heterocycles. The Hall–Kier alpha value is -18.4. The van der Waals surface area contributed by atoms with E-state index < -0.39 is 6.71 Å². The van der Waals surface area contributed by atoms with Crippen LogP contribution in [0.5, 0.6) is 0 Å². The van der Waals surface area contributed by atoms with Gasteiger partial charge >= 0.3 is 0 Å². The Morgan fingerprint density at radius 3 is 0.791 bits per heavy atom. The molecule has 0 amide bonds. The molecule has 0 unspecified atom stereocenters. The van der Waals surface area contributed by atoms with Crippen LogP contribution in [0.4, 0.5) is 34.1 Å². The Morgan fingerprint density at radius 1 is 0.189 bits per heavy atom. The maximum Gasteiger partial charge on any atom is 0.252 e. The standard InChI is InChI=1S/C142H105BN4O/c1-141(2,3)112-88-117(96-51-23-9-24-52-96)139(119(90-112)109-73-45-71-106(83-109)94-47-19-7-20-48-94)146-124-92-114(144-135(102-63-35-15-36-64-102)130(98-55-27-11-28-56-98)131(99-57-29-12-30-58-99)136(144)103-65-37-16-38-66-103)78-80-122(124)143-123-81-79-115(145-137(104-67-39-17-40-68-104)132(100-59-31-13-32-60-100)133(101-61-33-14-34-62-101)138(145)105-69-41-18-42-70-105)93-125(123)147(127-87-111(86-126(146)134(127)143)108-77-82-129-121(85-108)116-75-43-44-76-128(116)148-129)140-118(97-53-25-10-26-54-97)89-113(142(4,5)6)91-120(140)110-74-46-72-107(84-110)95-49-21-8-22-50-95/h7-93H,1-6H3. The van der Waals surface area contributed by atoms with E-state index in [-0.39, 0.29) is 10.8 Å². The highest BCUT2D eigenvalue weighted by Crippen LogP contribution is 2.60. The fraction of sp³-hybridized carbons (Fsp3) is 0.0563. The summed E-state index contributed by atoms with van der Waals surface area (Å²) < 4.78 is 12.2. The molecule has 0 saturated carbocycles. The van der Waals surface area contributed by atoms with Crippen molar-refractivity contribution >= 4 is 79.2 Å². The van der Waals surface area contributed by atoms with Gasteiger partial charge in [0.1, 0.15) is 11.2 Å². The summed E-state index contributed by atoms with van der Waals surface area (Å²) in [6.45, 7) is 13.8. The molecule has 26 rings (SSSR count). The van der Waals surface area contributed by atoms with E-state index in [2.05, 4.69) is 588 Å². The van der Waals surface area contributed by atoms with Crippen LogP contribution in [-0.4, -0.2) is 15.8 Å². The van der Waals surface area contributed by atoms with Crippen LogP contribution in [0.3, 0.4) is 0 Å². The summed E-state index contributed by atoms with van der Waals surface area (Å²) in [4.78, 5) is 5.54. The predicted molar refractivity (Wildman–Crippen MR) is 625 cm³/mol. The molecule has 2 aliphatic rings. The lowest BCUT2D eigenvalue weighted by molar-refractivity contribution is 0.590. The fourth-order valence-electron chi connectivity index (χ4n) is 23.2. The van der Waals surface area contributed by atoms with Gasteiger partial charge in [-0.25, -0.2) is 0 Å². The van der Waals surface area contributed by atoms with Crippen LogP contribution in [0.15, 0.2) is 532 Å². The van der Waals surface area contributed by atoms with Gasteiger partial charge < -0.3 is 23.4 Å². The minimum Gasteiger partial charge on any atom is -0.456 e. The molecule has 0 atom stereocenters. The minimum absolute atomic E-state index is 0.346. The van der Waals surface area contributed by atoms with Crippen molar-refractivity contribution in [3.63, 3.8) is 0 Å². The van der Waals surface area contributed by atoms with Gasteiger partial charge in [0.15, 0.2) is 0 Å². The highest BCUT2D eigenvalue weighted by Gasteiger charge is 2.48. The second-order valence-corrected chi connectivity index (χ2v) is 41.3. The highest BCUT2D eigenvalue weighted by atomic mass is 16.3. The second kappa shape index (κ2) is 37.1. The quantitative estimate of drug-likeness (QED) is 0.0756. The first-order valence-electron chi connectivity index (χ1n) is 51.5. The van der Waals surface area contributed by atoms with Crippen molar-refractivity contribution in [2.24, 2.45) is 0 Å². The normalized spacial score (nSPS) is 12.2. The number of anilines is 6. The maximum atomic E-state index is 6.93. The van der Waals surface area contributed by atoms with Gasteiger partial charge in [0.05, 0.1) is 34.2 Å². The Bertz CT molecular complexity index is 8480. The third kappa shape index (κ3) is 15.8. The van der Waals surface area contributed by atoms with E-state index in [1.54, 1.807) is 0 Å². The molecule has 0 radical (unpaired) electrons. The fourth-order valence-corrected chi connectivity index (χ4v) is 23.2. The molecule has 0 saturated heterocycles. The maximum absolute atomic E-state index is 6.93. The van der Waals surface area contributed by atoms with E-state index in [1.807, 2.05) is 0 Å². The monoisotopic (exact) mass is 1890 g/mol. The number of furan rings is 1. The first-order valence-corrected chi connectivity index (χ1v) is 51.5. The number of benzene rings is 21. The number of rotatable bonds is 19. The molecule has 0 aliphatic carbocycles. The SMILES string of the molecule is CC(C)(C)c1cc(-c2ccccc2)c(N2c3cc(-n4c(-c5ccccc5)c(-c5ccccc5)c(-c5ccccc5)c4-c4ccccc4)ccc3B3c4ccc(-n5c(-c6ccccc6)c(-c6ccccc6)c(-c6ccccc6)c5-c5ccccc5)cc4N(c4c(-c5ccccc5)cc(C(C)(C)C)cc4-c4cccc(-c5ccccc5)c4)c4cc(-c5ccc6oc7ccccc7c6c5)cc2c43)c(-c2cccc(-c3ccccc3)c2)c1. The molecule has 21 aromatic carbocycles. The number of para-hydroxylation sites is 1. The molecule has 0 fully saturated rings. The van der Waals surface area contributed by atoms with E-state index in [9.17, 15) is 0 Å². The molecule has 0 bridgehead atoms. The smallest absolute Gasteiger partial charge is 0.252 e. The lowest BCUT2D eigenvalue weighted by Crippen LogP contribution is -2.61. The van der Waals surface area contributed by atoms with Crippen LogP contribution in [0.1, 0.15) is 52.7 Å². The second-order valence-electron chi connectivity index (χ2n) is 41.3. The van der Waals surface area contributed by atoms with Crippen molar-refractivity contribution in [2.75, 3.05) is 9.80 Å². The van der Waals surface area contributed by atoms with Crippen LogP contribution in [0, 0.1) is 0 Å². The number of hydrogen-bond acceptors (Lipinski definition) is 3. The third-order valence-electron chi connectivity index (χ3n) is 30.2. The summed E-state index contributed by atoms with van der Waals surface area (Å²) >= 11 is 0. The molecular weight excluding hydrogens is 1790 g/mol. The van der Waals surface area contributed by atoms with Crippen molar-refractivity contribution in [3.8, 4) is 179 Å². The molecule has 24 aromatic rings. The van der Waals surface area contributed by atoms with Gasteiger partial charge in [-0.15, -0.1) is 0 Å². The Kier molecular flexibility index (Phi) is 22.5. The topological polar surface area (TPSA) is 29.5 Å². The summed E-state index contributed by atoms with van der Waals surface area (Å²) in [7, 11) is 0. The largest absolute Gasteiger partial charge is 0.456 e. The zero-order valence-corrected chi connectivity index (χ0v) is 83.5. The van der Waals surface area contributed by atoms with Crippen LogP contribution in [0.2, 0.25) is 0 Å². The molecule has 0 spiro atoms. The van der Waals surface area contributed by atoms with Crippen LogP contribution < -0.4 is 26.2 Å². The first-order chi connectivity index (χ1) is 72.7. The number of aromatic nitrogens is 2. The summed E-state index contributed by atoms with van der Waals surface area (Å²) in [5.41, 5.74) is 47.7. The average Bonchev–Trinajstić information content (AvgIpc) is 1.02. The zero-order valence-electron chi connectivity index (χ0n) is 83.5. The molecule has 5 heterocycles. The Labute approximate surface area is 866 Å². The Balaban J connectivity index is 0.886. The van der Waals surface area contributed by atoms with Gasteiger partial charge in [0.2, 0.25) is 0 Å². The van der Waals surface area contributed by atoms with Crippen LogP contribution in [0.25, 0.3) is 201 Å². The zero-order chi connectivity index (χ0) is 99.2. The molecule has 5 nitrogen and oxygen atoms in total. The van der Waals surface area contributed by atoms with Gasteiger partial charge in [0.25, 0.3) is 6.71 Å². The predicted octanol–water partition coefficient (Wildman–Crippen LogP) is 36.8. The molecule has 702 valence electrons. The molecular formula is C142H105BN4O. The summed E-state index contributed by atoms with van der Waals surface area (Å²) in [6.07, 6.45) is 0. The molecule has 148 heavy (non-hydrogen) atoms. The van der Waals surface area contributed by atoms with Crippen LogP contribution in [-0.2, 0) is 10.8 Å². The third-order valence-corrected chi connectivity index (χ3v) is 30.2. The van der Waals surface area contributed by atoms with E-state index in [0.717, 1.165) is 251 Å². The number of fused-ring (bicyclic) bond motifs is 7. The molecule has 2 aliphatic heterocycles. The van der Waals surface area contributed by atoms with Crippen molar-refractivity contribution in [2.45, 2.75) is 52.4 Å². The van der Waals surface area contributed by atoms with E-state index in [0.29, 0.717) is 0 Å². The molecule has 0 N–H and O–H groups in total. The van der Waals surface area contributed by atoms with Crippen molar-refractivity contribution in [3.05, 3.63) is 539 Å². The van der Waals surface area contributed by atoms with E-state index in [4.69, 9.17) is 4.42 Å². The van der Waals surface area contributed by atoms with E-state index in [1.165, 1.54) is 11.1 Å². The van der Waals surface area contributed by atoms with Crippen molar-refractivity contribution in [1.29, 1.82) is 0 Å². The van der Waals surface area contributed by atoms with Gasteiger partial charge in [-0.3, -0.25) is 0 Å². The van der Waals surface area contributed by atoms with Gasteiger partial charge in [0, 0.05) is 89.4 Å². The van der Waals surface area contributed by atoms with Crippen molar-refractivity contribution in [1.82, 2.24) is 9.13 Å². The number of nitrogens with zero attached hydrogens (tertiary/aromatic N) is 4. The average molecular weight is 1890 g/mol. The lowest BCUT2D eigenvalue weighted by Gasteiger charge is -2.46. The first kappa shape index (κ1) is 89.7. The van der Waals surface area contributed by atoms with E-state index >= 15 is 0 Å². The van der Waals surface area contributed by atoms with Crippen LogP contribution >= 0.6 is 0 Å². The minimum atomic E-state index is -0.490. The van der Waals surface area contributed by atoms with Crippen molar-refractivity contribution < 1.29 is 4.42 Å². The summed E-state index contributed by atoms with van der Waals surface area (Å²) in [5.74, 6) is 0. The number of hydrogen-bond donors (Lipinski definition) is 0. The lowest BCUT2D eigenvalue weighted by atomic mass is 9.33. The summed E-state index contributed by atoms with van der Waals surface area (Å²) in [5, 5.41) is 2.08. The van der Waals surface area contributed by atoms with Gasteiger partial charge in [-0.05, 0) is 229 Å². The molecule has 6 heteroatoms. The Morgan fingerprint density at radius 2 is 0.459 bits per heavy atom. The van der Waals surface area contributed by atoms with Gasteiger partial charge in [-0.2, -0.15) is 0 Å². The van der Waals surface area contributed by atoms with Gasteiger partial charge in [-0.1, -0.05) is 478 Å². The summed E-state index contributed by atoms with van der Waals surface area (Å²) in [6, 6.07) is 198. The highest BCUT2D eigenvalue weighted by molar-refractivity contribution is 7.00.